The topological polar surface area (TPSA) is 105 Å². The van der Waals surface area contributed by atoms with Crippen LogP contribution in [0, 0.1) is 17.0 Å². The molecule has 0 fully saturated rings. The first kappa shape index (κ1) is 16.4. The summed E-state index contributed by atoms with van der Waals surface area (Å²) in [5.74, 6) is -0.458. The molecule has 2 N–H and O–H groups in total. The number of nitro groups is 1. The van der Waals surface area contributed by atoms with Crippen LogP contribution in [0.25, 0.3) is 10.9 Å². The molecule has 0 aliphatic rings. The largest absolute Gasteiger partial charge is 0.348 e. The van der Waals surface area contributed by atoms with E-state index in [4.69, 9.17) is 0 Å². The molecule has 0 atom stereocenters. The molecule has 1 heterocycles. The molecule has 3 aromatic rings. The summed E-state index contributed by atoms with van der Waals surface area (Å²) < 4.78 is 0. The number of rotatable bonds is 4. The van der Waals surface area contributed by atoms with Crippen molar-refractivity contribution in [2.75, 3.05) is 0 Å². The number of H-pyrrole nitrogens is 1. The summed E-state index contributed by atoms with van der Waals surface area (Å²) in [5, 5.41) is 14.1. The Hall–Kier alpha value is -3.48. The van der Waals surface area contributed by atoms with Gasteiger partial charge in [-0.25, -0.2) is 0 Å². The van der Waals surface area contributed by atoms with Crippen LogP contribution >= 0.6 is 0 Å². The Morgan fingerprint density at radius 2 is 1.96 bits per heavy atom. The Kier molecular flexibility index (Phi) is 4.30. The summed E-state index contributed by atoms with van der Waals surface area (Å²) in [6.45, 7) is 2.24. The average Bonchev–Trinajstić information content (AvgIpc) is 2.59. The van der Waals surface area contributed by atoms with Crippen molar-refractivity contribution in [3.05, 3.63) is 85.7 Å². The van der Waals surface area contributed by atoms with E-state index < -0.39 is 16.4 Å². The lowest BCUT2D eigenvalue weighted by Crippen LogP contribution is -2.25. The molecule has 0 saturated carbocycles. The van der Waals surface area contributed by atoms with Gasteiger partial charge in [0.25, 0.3) is 11.6 Å². The Morgan fingerprint density at radius 1 is 1.20 bits per heavy atom. The standard InChI is InChI=1S/C18H15N3O4/c1-11-4-2-3-5-12(11)10-19-18(23)15-9-17(22)20-16-7-6-13(21(24)25)8-14(15)16/h2-9H,10H2,1H3,(H,19,23)(H,20,22). The quantitative estimate of drug-likeness (QED) is 0.564. The van der Waals surface area contributed by atoms with Gasteiger partial charge in [0.2, 0.25) is 5.56 Å². The zero-order valence-corrected chi connectivity index (χ0v) is 13.4. The van der Waals surface area contributed by atoms with Gasteiger partial charge in [-0.05, 0) is 24.1 Å². The van der Waals surface area contributed by atoms with Crippen LogP contribution in [-0.4, -0.2) is 15.8 Å². The first-order chi connectivity index (χ1) is 12.0. The van der Waals surface area contributed by atoms with Gasteiger partial charge in [-0.1, -0.05) is 24.3 Å². The van der Waals surface area contributed by atoms with Gasteiger partial charge in [-0.3, -0.25) is 19.7 Å². The maximum atomic E-state index is 12.5. The van der Waals surface area contributed by atoms with Crippen LogP contribution in [0.5, 0.6) is 0 Å². The second-order valence-electron chi connectivity index (χ2n) is 5.64. The summed E-state index contributed by atoms with van der Waals surface area (Å²) in [5.41, 5.74) is 1.88. The molecule has 126 valence electrons. The summed E-state index contributed by atoms with van der Waals surface area (Å²) in [7, 11) is 0. The van der Waals surface area contributed by atoms with Gasteiger partial charge >= 0.3 is 0 Å². The van der Waals surface area contributed by atoms with Crippen molar-refractivity contribution in [1.82, 2.24) is 10.3 Å². The Bertz CT molecular complexity index is 1040. The van der Waals surface area contributed by atoms with Gasteiger partial charge in [0.1, 0.15) is 0 Å². The van der Waals surface area contributed by atoms with Crippen LogP contribution < -0.4 is 10.9 Å². The Balaban J connectivity index is 1.97. The molecule has 3 rings (SSSR count). The maximum Gasteiger partial charge on any atom is 0.270 e. The lowest BCUT2D eigenvalue weighted by Gasteiger charge is -2.09. The molecule has 0 spiro atoms. The van der Waals surface area contributed by atoms with Crippen LogP contribution in [0.3, 0.4) is 0 Å². The van der Waals surface area contributed by atoms with Crippen molar-refractivity contribution in [3.8, 4) is 0 Å². The molecule has 7 nitrogen and oxygen atoms in total. The normalized spacial score (nSPS) is 10.6. The number of hydrogen-bond donors (Lipinski definition) is 2. The number of hydrogen-bond acceptors (Lipinski definition) is 4. The van der Waals surface area contributed by atoms with Crippen molar-refractivity contribution in [2.45, 2.75) is 13.5 Å². The number of aromatic amines is 1. The van der Waals surface area contributed by atoms with Crippen LogP contribution in [0.4, 0.5) is 5.69 Å². The summed E-state index contributed by atoms with van der Waals surface area (Å²) in [6.07, 6.45) is 0. The predicted molar refractivity (Wildman–Crippen MR) is 93.6 cm³/mol. The van der Waals surface area contributed by atoms with E-state index in [1.807, 2.05) is 31.2 Å². The highest BCUT2D eigenvalue weighted by Gasteiger charge is 2.15. The number of aromatic nitrogens is 1. The zero-order valence-electron chi connectivity index (χ0n) is 13.4. The molecule has 0 radical (unpaired) electrons. The molecule has 0 unspecified atom stereocenters. The summed E-state index contributed by atoms with van der Waals surface area (Å²) in [6, 6.07) is 12.8. The second-order valence-corrected chi connectivity index (χ2v) is 5.64. The molecular formula is C18H15N3O4. The number of benzene rings is 2. The van der Waals surface area contributed by atoms with E-state index in [2.05, 4.69) is 10.3 Å². The fraction of sp³-hybridized carbons (Fsp3) is 0.111. The van der Waals surface area contributed by atoms with Crippen molar-refractivity contribution in [1.29, 1.82) is 0 Å². The van der Waals surface area contributed by atoms with Crippen molar-refractivity contribution in [2.24, 2.45) is 0 Å². The fourth-order valence-electron chi connectivity index (χ4n) is 2.62. The van der Waals surface area contributed by atoms with E-state index in [0.29, 0.717) is 17.4 Å². The molecule has 0 aliphatic carbocycles. The molecule has 1 amide bonds. The number of non-ortho nitro benzene ring substituents is 1. The minimum atomic E-state index is -0.542. The Labute approximate surface area is 142 Å². The minimum absolute atomic E-state index is 0.107. The van der Waals surface area contributed by atoms with Crippen LogP contribution in [0.2, 0.25) is 0 Å². The van der Waals surface area contributed by atoms with Crippen molar-refractivity contribution < 1.29 is 9.72 Å². The van der Waals surface area contributed by atoms with Gasteiger partial charge in [-0.2, -0.15) is 0 Å². The van der Waals surface area contributed by atoms with Gasteiger partial charge in [-0.15, -0.1) is 0 Å². The average molecular weight is 337 g/mol. The second kappa shape index (κ2) is 6.56. The van der Waals surface area contributed by atoms with Crippen LogP contribution in [-0.2, 0) is 6.54 Å². The first-order valence-electron chi connectivity index (χ1n) is 7.60. The van der Waals surface area contributed by atoms with Crippen molar-refractivity contribution in [3.63, 3.8) is 0 Å². The predicted octanol–water partition coefficient (Wildman–Crippen LogP) is 2.67. The lowest BCUT2D eigenvalue weighted by molar-refractivity contribution is -0.384. The van der Waals surface area contributed by atoms with E-state index in [9.17, 15) is 19.7 Å². The highest BCUT2D eigenvalue weighted by atomic mass is 16.6. The third-order valence-corrected chi connectivity index (χ3v) is 3.98. The van der Waals surface area contributed by atoms with Crippen LogP contribution in [0.1, 0.15) is 21.5 Å². The summed E-state index contributed by atoms with van der Waals surface area (Å²) in [4.78, 5) is 37.3. The number of carbonyl (C=O) groups is 1. The molecule has 0 bridgehead atoms. The third kappa shape index (κ3) is 3.40. The number of fused-ring (bicyclic) bond motifs is 1. The molecule has 7 heteroatoms. The summed E-state index contributed by atoms with van der Waals surface area (Å²) >= 11 is 0. The smallest absolute Gasteiger partial charge is 0.270 e. The van der Waals surface area contributed by atoms with E-state index in [-0.39, 0.29) is 11.3 Å². The number of nitrogens with one attached hydrogen (secondary N) is 2. The number of nitrogens with zero attached hydrogens (tertiary/aromatic N) is 1. The Morgan fingerprint density at radius 3 is 2.68 bits per heavy atom. The molecule has 0 saturated heterocycles. The van der Waals surface area contributed by atoms with E-state index in [0.717, 1.165) is 17.2 Å². The molecule has 0 aliphatic heterocycles. The van der Waals surface area contributed by atoms with Gasteiger partial charge in [0.15, 0.2) is 0 Å². The lowest BCUT2D eigenvalue weighted by atomic mass is 10.1. The maximum absolute atomic E-state index is 12.5. The highest BCUT2D eigenvalue weighted by molar-refractivity contribution is 6.06. The number of amides is 1. The van der Waals surface area contributed by atoms with E-state index in [1.54, 1.807) is 0 Å². The molecular weight excluding hydrogens is 322 g/mol. The van der Waals surface area contributed by atoms with Gasteiger partial charge < -0.3 is 10.3 Å². The number of carbonyl (C=O) groups excluding carboxylic acids is 1. The van der Waals surface area contributed by atoms with E-state index in [1.165, 1.54) is 18.2 Å². The minimum Gasteiger partial charge on any atom is -0.348 e. The van der Waals surface area contributed by atoms with Crippen molar-refractivity contribution >= 4 is 22.5 Å². The van der Waals surface area contributed by atoms with Gasteiger partial charge in [0.05, 0.1) is 10.5 Å². The number of pyridine rings is 1. The van der Waals surface area contributed by atoms with Crippen LogP contribution in [0.15, 0.2) is 53.3 Å². The van der Waals surface area contributed by atoms with Gasteiger partial charge in [0, 0.05) is 35.6 Å². The molecule has 1 aromatic heterocycles. The first-order valence-corrected chi connectivity index (χ1v) is 7.60. The highest BCUT2D eigenvalue weighted by Crippen LogP contribution is 2.21. The zero-order chi connectivity index (χ0) is 18.0. The SMILES string of the molecule is Cc1ccccc1CNC(=O)c1cc(=O)[nH]c2ccc([N+](=O)[O-])cc12. The monoisotopic (exact) mass is 337 g/mol. The molecule has 2 aromatic carbocycles. The third-order valence-electron chi connectivity index (χ3n) is 3.98. The number of aryl methyl sites for hydroxylation is 1. The van der Waals surface area contributed by atoms with E-state index >= 15 is 0 Å². The number of nitro benzene ring substituents is 1. The molecule has 25 heavy (non-hydrogen) atoms. The fourth-order valence-corrected chi connectivity index (χ4v) is 2.62.